The molecule has 1 heterocycles. The highest BCUT2D eigenvalue weighted by molar-refractivity contribution is 6.46. The minimum Gasteiger partial charge on any atom is -0.350 e. The van der Waals surface area contributed by atoms with E-state index in [4.69, 9.17) is 0 Å². The summed E-state index contributed by atoms with van der Waals surface area (Å²) in [5.74, 6) is -1.00. The Bertz CT molecular complexity index is 1200. The van der Waals surface area contributed by atoms with Crippen molar-refractivity contribution in [1.82, 2.24) is 0 Å². The molecule has 4 rings (SSSR count). The molecular weight excluding hydrogens is 390 g/mol. The molecule has 2 N–H and O–H groups in total. The quantitative estimate of drug-likeness (QED) is 0.612. The summed E-state index contributed by atoms with van der Waals surface area (Å²) >= 11 is 0. The maximum atomic E-state index is 13.4. The van der Waals surface area contributed by atoms with Gasteiger partial charge in [-0.3, -0.25) is 14.4 Å². The minimum atomic E-state index is -0.416. The molecule has 154 valence electrons. The number of nitrogens with zero attached hydrogens (tertiary/aromatic N) is 1. The summed E-state index contributed by atoms with van der Waals surface area (Å²) in [5, 5.41) is 5.89. The molecule has 31 heavy (non-hydrogen) atoms. The molecule has 6 nitrogen and oxygen atoms in total. The highest BCUT2D eigenvalue weighted by Crippen LogP contribution is 2.34. The number of rotatable bonds is 5. The molecule has 3 aromatic carbocycles. The maximum Gasteiger partial charge on any atom is 0.282 e. The van der Waals surface area contributed by atoms with Crippen LogP contribution >= 0.6 is 0 Å². The van der Waals surface area contributed by atoms with Crippen molar-refractivity contribution in [3.8, 4) is 0 Å². The summed E-state index contributed by atoms with van der Waals surface area (Å²) in [6.07, 6.45) is 0. The van der Waals surface area contributed by atoms with Gasteiger partial charge < -0.3 is 10.6 Å². The number of nitrogens with one attached hydrogen (secondary N) is 2. The monoisotopic (exact) mass is 411 g/mol. The van der Waals surface area contributed by atoms with Gasteiger partial charge in [0.25, 0.3) is 11.8 Å². The first kappa shape index (κ1) is 20.1. The number of hydrogen-bond acceptors (Lipinski definition) is 4. The van der Waals surface area contributed by atoms with Gasteiger partial charge in [0.05, 0.1) is 11.3 Å². The van der Waals surface area contributed by atoms with E-state index in [1.165, 1.54) is 11.8 Å². The fraction of sp³-hybridized carbons (Fsp3) is 0.0800. The molecule has 1 aliphatic heterocycles. The van der Waals surface area contributed by atoms with Gasteiger partial charge in [0, 0.05) is 18.3 Å². The summed E-state index contributed by atoms with van der Waals surface area (Å²) in [6.45, 7) is 3.36. The SMILES string of the molecule is CC(=O)Nc1ccc(C2=C(Nc3ccccc3C)C(=O)N(c3ccccc3)C2=O)cc1. The summed E-state index contributed by atoms with van der Waals surface area (Å²) in [5.41, 5.74) is 3.91. The van der Waals surface area contributed by atoms with E-state index >= 15 is 0 Å². The Labute approximate surface area is 180 Å². The van der Waals surface area contributed by atoms with Crippen LogP contribution in [-0.4, -0.2) is 17.7 Å². The Morgan fingerprint density at radius 1 is 0.806 bits per heavy atom. The van der Waals surface area contributed by atoms with Gasteiger partial charge in [-0.25, -0.2) is 4.90 Å². The number of imide groups is 1. The van der Waals surface area contributed by atoms with E-state index in [9.17, 15) is 14.4 Å². The van der Waals surface area contributed by atoms with Crippen molar-refractivity contribution in [3.05, 3.63) is 95.7 Å². The molecule has 0 bridgehead atoms. The normalized spacial score (nSPS) is 13.5. The summed E-state index contributed by atoms with van der Waals surface area (Å²) < 4.78 is 0. The van der Waals surface area contributed by atoms with Crippen LogP contribution in [-0.2, 0) is 14.4 Å². The first-order chi connectivity index (χ1) is 15.0. The summed E-state index contributed by atoms with van der Waals surface area (Å²) in [7, 11) is 0. The average Bonchev–Trinajstić information content (AvgIpc) is 3.00. The summed E-state index contributed by atoms with van der Waals surface area (Å²) in [6, 6.07) is 23.3. The number of aryl methyl sites for hydroxylation is 1. The van der Waals surface area contributed by atoms with Crippen LogP contribution in [0.4, 0.5) is 17.1 Å². The average molecular weight is 411 g/mol. The predicted molar refractivity (Wildman–Crippen MR) is 121 cm³/mol. The molecule has 0 unspecified atom stereocenters. The first-order valence-corrected chi connectivity index (χ1v) is 9.84. The lowest BCUT2D eigenvalue weighted by Crippen LogP contribution is -2.32. The Morgan fingerprint density at radius 3 is 2.10 bits per heavy atom. The van der Waals surface area contributed by atoms with Crippen molar-refractivity contribution < 1.29 is 14.4 Å². The van der Waals surface area contributed by atoms with Gasteiger partial charge in [-0.15, -0.1) is 0 Å². The van der Waals surface area contributed by atoms with Crippen molar-refractivity contribution >= 4 is 40.4 Å². The zero-order valence-electron chi connectivity index (χ0n) is 17.2. The van der Waals surface area contributed by atoms with E-state index in [0.29, 0.717) is 16.9 Å². The van der Waals surface area contributed by atoms with Crippen molar-refractivity contribution in [2.75, 3.05) is 15.5 Å². The molecule has 3 amide bonds. The Balaban J connectivity index is 1.80. The third kappa shape index (κ3) is 3.96. The standard InChI is InChI=1S/C25H21N3O3/c1-16-8-6-7-11-21(16)27-23-22(18-12-14-19(15-13-18)26-17(2)29)24(30)28(25(23)31)20-9-4-3-5-10-20/h3-15,27H,1-2H3,(H,26,29). The minimum absolute atomic E-state index is 0.184. The van der Waals surface area contributed by atoms with Crippen LogP contribution in [0.5, 0.6) is 0 Å². The number of carbonyl (C=O) groups is 3. The largest absolute Gasteiger partial charge is 0.350 e. The molecule has 6 heteroatoms. The van der Waals surface area contributed by atoms with Gasteiger partial charge in [0.2, 0.25) is 5.91 Å². The van der Waals surface area contributed by atoms with E-state index in [-0.39, 0.29) is 17.2 Å². The van der Waals surface area contributed by atoms with Crippen LogP contribution in [0.1, 0.15) is 18.1 Å². The van der Waals surface area contributed by atoms with Gasteiger partial charge in [0.15, 0.2) is 0 Å². The van der Waals surface area contributed by atoms with Crippen molar-refractivity contribution in [2.24, 2.45) is 0 Å². The molecule has 0 saturated heterocycles. The lowest BCUT2D eigenvalue weighted by molar-refractivity contribution is -0.120. The molecule has 0 radical (unpaired) electrons. The van der Waals surface area contributed by atoms with E-state index < -0.39 is 11.8 Å². The Kier molecular flexibility index (Phi) is 5.37. The fourth-order valence-corrected chi connectivity index (χ4v) is 3.50. The number of amides is 3. The van der Waals surface area contributed by atoms with Crippen molar-refractivity contribution in [3.63, 3.8) is 0 Å². The Morgan fingerprint density at radius 2 is 1.45 bits per heavy atom. The molecule has 0 spiro atoms. The van der Waals surface area contributed by atoms with Gasteiger partial charge in [0.1, 0.15) is 5.70 Å². The second kappa shape index (κ2) is 8.28. The molecule has 0 atom stereocenters. The van der Waals surface area contributed by atoms with E-state index in [1.807, 2.05) is 37.3 Å². The molecule has 0 saturated carbocycles. The molecule has 0 aliphatic carbocycles. The number of para-hydroxylation sites is 2. The van der Waals surface area contributed by atoms with Crippen molar-refractivity contribution in [2.45, 2.75) is 13.8 Å². The first-order valence-electron chi connectivity index (χ1n) is 9.84. The van der Waals surface area contributed by atoms with Gasteiger partial charge in [-0.1, -0.05) is 48.5 Å². The highest BCUT2D eigenvalue weighted by Gasteiger charge is 2.40. The molecule has 0 fully saturated rings. The van der Waals surface area contributed by atoms with Crippen LogP contribution in [0, 0.1) is 6.92 Å². The van der Waals surface area contributed by atoms with E-state index in [2.05, 4.69) is 10.6 Å². The number of carbonyl (C=O) groups excluding carboxylic acids is 3. The lowest BCUT2D eigenvalue weighted by Gasteiger charge is -2.15. The third-order valence-electron chi connectivity index (χ3n) is 5.00. The van der Waals surface area contributed by atoms with Crippen LogP contribution in [0.2, 0.25) is 0 Å². The highest BCUT2D eigenvalue weighted by atomic mass is 16.2. The molecule has 3 aromatic rings. The van der Waals surface area contributed by atoms with E-state index in [1.54, 1.807) is 48.5 Å². The van der Waals surface area contributed by atoms with E-state index in [0.717, 1.165) is 11.3 Å². The van der Waals surface area contributed by atoms with Crippen LogP contribution in [0.3, 0.4) is 0 Å². The topological polar surface area (TPSA) is 78.5 Å². The molecule has 1 aliphatic rings. The summed E-state index contributed by atoms with van der Waals surface area (Å²) in [4.78, 5) is 39.2. The third-order valence-corrected chi connectivity index (χ3v) is 5.00. The van der Waals surface area contributed by atoms with Gasteiger partial charge in [-0.05, 0) is 48.4 Å². The predicted octanol–water partition coefficient (Wildman–Crippen LogP) is 4.35. The Hall–Kier alpha value is -4.19. The maximum absolute atomic E-state index is 13.4. The fourth-order valence-electron chi connectivity index (χ4n) is 3.50. The zero-order valence-corrected chi connectivity index (χ0v) is 17.2. The van der Waals surface area contributed by atoms with Gasteiger partial charge >= 0.3 is 0 Å². The molecular formula is C25H21N3O3. The lowest BCUT2D eigenvalue weighted by atomic mass is 10.0. The van der Waals surface area contributed by atoms with Crippen molar-refractivity contribution in [1.29, 1.82) is 0 Å². The second-order valence-electron chi connectivity index (χ2n) is 7.23. The number of hydrogen-bond donors (Lipinski definition) is 2. The zero-order chi connectivity index (χ0) is 22.0. The molecule has 0 aromatic heterocycles. The van der Waals surface area contributed by atoms with Crippen LogP contribution < -0.4 is 15.5 Å². The number of anilines is 3. The second-order valence-corrected chi connectivity index (χ2v) is 7.23. The van der Waals surface area contributed by atoms with Gasteiger partial charge in [-0.2, -0.15) is 0 Å². The van der Waals surface area contributed by atoms with Crippen LogP contribution in [0.15, 0.2) is 84.6 Å². The smallest absolute Gasteiger partial charge is 0.282 e. The van der Waals surface area contributed by atoms with Crippen LogP contribution in [0.25, 0.3) is 5.57 Å². The number of benzene rings is 3.